The lowest BCUT2D eigenvalue weighted by Crippen LogP contribution is -2.17. The van der Waals surface area contributed by atoms with Crippen molar-refractivity contribution in [1.82, 2.24) is 4.98 Å². The lowest BCUT2D eigenvalue weighted by molar-refractivity contribution is 0.0542. The summed E-state index contributed by atoms with van der Waals surface area (Å²) in [6, 6.07) is 4.06. The number of hydrogen-bond donors (Lipinski definition) is 1. The lowest BCUT2D eigenvalue weighted by Gasteiger charge is -2.20. The van der Waals surface area contributed by atoms with Crippen LogP contribution in [0.3, 0.4) is 0 Å². The molecule has 1 N–H and O–H groups in total. The second-order valence-corrected chi connectivity index (χ2v) is 6.39. The number of carbonyl (C=O) groups is 2. The van der Waals surface area contributed by atoms with Crippen molar-refractivity contribution in [2.75, 3.05) is 6.61 Å². The smallest absolute Gasteiger partial charge is 0.355 e. The van der Waals surface area contributed by atoms with E-state index in [1.807, 2.05) is 11.4 Å². The van der Waals surface area contributed by atoms with Crippen LogP contribution >= 0.6 is 11.3 Å². The summed E-state index contributed by atoms with van der Waals surface area (Å²) in [6.07, 6.45) is 2.76. The highest BCUT2D eigenvalue weighted by atomic mass is 32.1. The van der Waals surface area contributed by atoms with Gasteiger partial charge in [0.1, 0.15) is 12.3 Å². The molecule has 0 saturated carbocycles. The molecule has 5 heteroatoms. The van der Waals surface area contributed by atoms with E-state index in [-0.39, 0.29) is 18.3 Å². The maximum Gasteiger partial charge on any atom is 0.355 e. The second-order valence-electron chi connectivity index (χ2n) is 5.41. The molecule has 2 heterocycles. The molecule has 2 aromatic heterocycles. The fourth-order valence-corrected chi connectivity index (χ4v) is 3.80. The zero-order valence-corrected chi connectivity index (χ0v) is 13.2. The van der Waals surface area contributed by atoms with E-state index in [1.54, 1.807) is 18.3 Å². The SMILES string of the molecule is C=CCOC(=O)c1[nH]c2c(c1C)C(=O)C[C@H](c1cccs1)C2. The summed E-state index contributed by atoms with van der Waals surface area (Å²) in [7, 11) is 0. The van der Waals surface area contributed by atoms with Gasteiger partial charge in [-0.1, -0.05) is 18.7 Å². The molecule has 0 aromatic carbocycles. The molecule has 1 aliphatic rings. The molecule has 1 atom stereocenters. The minimum Gasteiger partial charge on any atom is -0.457 e. The Morgan fingerprint density at radius 1 is 1.55 bits per heavy atom. The number of carbonyl (C=O) groups excluding carboxylic acids is 2. The van der Waals surface area contributed by atoms with Crippen molar-refractivity contribution in [2.45, 2.75) is 25.7 Å². The molecule has 1 aliphatic carbocycles. The van der Waals surface area contributed by atoms with Crippen LogP contribution in [0.1, 0.15) is 49.3 Å². The fraction of sp³-hybridized carbons (Fsp3) is 0.294. The van der Waals surface area contributed by atoms with E-state index in [1.165, 1.54) is 11.0 Å². The van der Waals surface area contributed by atoms with Crippen LogP contribution in [-0.4, -0.2) is 23.3 Å². The Balaban J connectivity index is 1.92. The summed E-state index contributed by atoms with van der Waals surface area (Å²) in [4.78, 5) is 28.8. The monoisotopic (exact) mass is 315 g/mol. The van der Waals surface area contributed by atoms with Crippen LogP contribution in [0.2, 0.25) is 0 Å². The Morgan fingerprint density at radius 2 is 2.36 bits per heavy atom. The average Bonchev–Trinajstić information content (AvgIpc) is 3.13. The van der Waals surface area contributed by atoms with E-state index in [9.17, 15) is 9.59 Å². The molecule has 0 radical (unpaired) electrons. The highest BCUT2D eigenvalue weighted by Crippen LogP contribution is 2.36. The van der Waals surface area contributed by atoms with Gasteiger partial charge in [0.05, 0.1) is 0 Å². The number of Topliss-reactive ketones (excluding diaryl/α,β-unsaturated/α-hetero) is 1. The molecule has 0 amide bonds. The van der Waals surface area contributed by atoms with Gasteiger partial charge < -0.3 is 9.72 Å². The predicted molar refractivity (Wildman–Crippen MR) is 85.7 cm³/mol. The molecule has 0 aliphatic heterocycles. The van der Waals surface area contributed by atoms with Crippen molar-refractivity contribution < 1.29 is 14.3 Å². The molecule has 0 spiro atoms. The Kier molecular flexibility index (Phi) is 3.98. The summed E-state index contributed by atoms with van der Waals surface area (Å²) < 4.78 is 5.07. The Bertz CT molecular complexity index is 727. The third kappa shape index (κ3) is 2.52. The number of fused-ring (bicyclic) bond motifs is 1. The summed E-state index contributed by atoms with van der Waals surface area (Å²) in [6.45, 7) is 5.48. The number of aromatic nitrogens is 1. The van der Waals surface area contributed by atoms with Gasteiger partial charge in [0.25, 0.3) is 0 Å². The van der Waals surface area contributed by atoms with Crippen LogP contribution in [0.5, 0.6) is 0 Å². The van der Waals surface area contributed by atoms with Crippen LogP contribution in [0, 0.1) is 6.92 Å². The first-order valence-electron chi connectivity index (χ1n) is 7.17. The Labute approximate surface area is 132 Å². The number of esters is 1. The van der Waals surface area contributed by atoms with E-state index in [0.717, 1.165) is 12.1 Å². The largest absolute Gasteiger partial charge is 0.457 e. The van der Waals surface area contributed by atoms with Gasteiger partial charge in [-0.3, -0.25) is 4.79 Å². The normalized spacial score (nSPS) is 17.1. The van der Waals surface area contributed by atoms with Crippen LogP contribution in [0.4, 0.5) is 0 Å². The third-order valence-electron chi connectivity index (χ3n) is 3.97. The molecule has 0 bridgehead atoms. The molecule has 0 unspecified atom stereocenters. The van der Waals surface area contributed by atoms with Crippen LogP contribution in [0.25, 0.3) is 0 Å². The molecule has 22 heavy (non-hydrogen) atoms. The maximum atomic E-state index is 12.5. The van der Waals surface area contributed by atoms with Gasteiger partial charge in [0.2, 0.25) is 0 Å². The first-order chi connectivity index (χ1) is 10.6. The number of H-pyrrole nitrogens is 1. The van der Waals surface area contributed by atoms with Gasteiger partial charge in [-0.15, -0.1) is 11.3 Å². The average molecular weight is 315 g/mol. The van der Waals surface area contributed by atoms with Gasteiger partial charge in [0.15, 0.2) is 5.78 Å². The molecule has 2 aromatic rings. The van der Waals surface area contributed by atoms with Crippen molar-refractivity contribution >= 4 is 23.1 Å². The van der Waals surface area contributed by atoms with Crippen molar-refractivity contribution in [3.63, 3.8) is 0 Å². The number of hydrogen-bond acceptors (Lipinski definition) is 4. The van der Waals surface area contributed by atoms with Crippen LogP contribution in [-0.2, 0) is 11.2 Å². The number of thiophene rings is 1. The van der Waals surface area contributed by atoms with Gasteiger partial charge in [-0.25, -0.2) is 4.79 Å². The number of ether oxygens (including phenoxy) is 1. The molecule has 114 valence electrons. The van der Waals surface area contributed by atoms with E-state index < -0.39 is 5.97 Å². The number of aromatic amines is 1. The van der Waals surface area contributed by atoms with E-state index in [4.69, 9.17) is 4.74 Å². The van der Waals surface area contributed by atoms with Crippen molar-refractivity contribution in [1.29, 1.82) is 0 Å². The van der Waals surface area contributed by atoms with Gasteiger partial charge in [-0.05, 0) is 30.4 Å². The van der Waals surface area contributed by atoms with Gasteiger partial charge in [0, 0.05) is 28.5 Å². The maximum absolute atomic E-state index is 12.5. The minimum atomic E-state index is -0.438. The Hall–Kier alpha value is -2.14. The highest BCUT2D eigenvalue weighted by Gasteiger charge is 2.32. The number of ketones is 1. The summed E-state index contributed by atoms with van der Waals surface area (Å²) in [5, 5.41) is 2.02. The van der Waals surface area contributed by atoms with Crippen molar-refractivity contribution in [3.05, 3.63) is 57.6 Å². The van der Waals surface area contributed by atoms with E-state index >= 15 is 0 Å². The molecule has 0 fully saturated rings. The van der Waals surface area contributed by atoms with Gasteiger partial charge >= 0.3 is 5.97 Å². The first kappa shape index (κ1) is 14.8. The van der Waals surface area contributed by atoms with Crippen molar-refractivity contribution in [2.24, 2.45) is 0 Å². The summed E-state index contributed by atoms with van der Waals surface area (Å²) in [5.74, 6) is -0.154. The quantitative estimate of drug-likeness (QED) is 0.692. The predicted octanol–water partition coefficient (Wildman–Crippen LogP) is 3.64. The Morgan fingerprint density at radius 3 is 3.05 bits per heavy atom. The standard InChI is InChI=1S/C17H17NO3S/c1-3-6-21-17(20)16-10(2)15-12(18-16)8-11(9-13(15)19)14-5-4-7-22-14/h3-5,7,11,18H,1,6,8-9H2,2H3/t11-/m1/s1. The second kappa shape index (κ2) is 5.93. The number of nitrogens with one attached hydrogen (secondary N) is 1. The molecule has 0 saturated heterocycles. The van der Waals surface area contributed by atoms with Crippen LogP contribution in [0.15, 0.2) is 30.2 Å². The third-order valence-corrected chi connectivity index (χ3v) is 5.01. The molecular weight excluding hydrogens is 298 g/mol. The van der Waals surface area contributed by atoms with Gasteiger partial charge in [-0.2, -0.15) is 0 Å². The first-order valence-corrected chi connectivity index (χ1v) is 8.05. The minimum absolute atomic E-state index is 0.0937. The molecule has 4 nitrogen and oxygen atoms in total. The lowest BCUT2D eigenvalue weighted by atomic mass is 9.84. The highest BCUT2D eigenvalue weighted by molar-refractivity contribution is 7.10. The zero-order valence-electron chi connectivity index (χ0n) is 12.3. The zero-order chi connectivity index (χ0) is 15.7. The van der Waals surface area contributed by atoms with E-state index in [2.05, 4.69) is 17.6 Å². The van der Waals surface area contributed by atoms with Crippen molar-refractivity contribution in [3.8, 4) is 0 Å². The molecular formula is C17H17NO3S. The number of rotatable bonds is 4. The van der Waals surface area contributed by atoms with Crippen LogP contribution < -0.4 is 0 Å². The summed E-state index contributed by atoms with van der Waals surface area (Å²) in [5.41, 5.74) is 2.58. The molecule has 3 rings (SSSR count). The fourth-order valence-electron chi connectivity index (χ4n) is 2.97. The van der Waals surface area contributed by atoms with E-state index in [0.29, 0.717) is 23.2 Å². The topological polar surface area (TPSA) is 59.2 Å². The summed E-state index contributed by atoms with van der Waals surface area (Å²) >= 11 is 1.67.